The largest absolute Gasteiger partial charge is 0.507 e. The Morgan fingerprint density at radius 1 is 1.17 bits per heavy atom. The summed E-state index contributed by atoms with van der Waals surface area (Å²) in [5.74, 6) is -0.503. The molecule has 0 aromatic heterocycles. The lowest BCUT2D eigenvalue weighted by Crippen LogP contribution is -2.18. The van der Waals surface area contributed by atoms with Crippen LogP contribution in [0.2, 0.25) is 0 Å². The number of hydrogen-bond acceptors (Lipinski definition) is 3. The van der Waals surface area contributed by atoms with E-state index >= 15 is 0 Å². The van der Waals surface area contributed by atoms with Crippen molar-refractivity contribution in [3.63, 3.8) is 0 Å². The van der Waals surface area contributed by atoms with Crippen molar-refractivity contribution in [1.29, 1.82) is 0 Å². The fourth-order valence-electron chi connectivity index (χ4n) is 1.98. The number of phenolic OH excluding ortho intramolecular Hbond substituents is 1. The fourth-order valence-corrected chi connectivity index (χ4v) is 2.48. The van der Waals surface area contributed by atoms with Gasteiger partial charge >= 0.3 is 0 Å². The number of phenols is 1. The third kappa shape index (κ3) is 4.79. The lowest BCUT2D eigenvalue weighted by Gasteiger charge is -2.18. The highest BCUT2D eigenvalue weighted by atomic mass is 127. The number of carbonyl (C=O) groups is 1. The summed E-state index contributed by atoms with van der Waals surface area (Å²) in [5.41, 5.74) is 4.87. The van der Waals surface area contributed by atoms with Gasteiger partial charge in [0.2, 0.25) is 0 Å². The van der Waals surface area contributed by atoms with Crippen LogP contribution in [-0.4, -0.2) is 17.2 Å². The number of amides is 1. The van der Waals surface area contributed by atoms with E-state index in [0.29, 0.717) is 0 Å². The van der Waals surface area contributed by atoms with Crippen molar-refractivity contribution in [2.24, 2.45) is 5.10 Å². The molecule has 2 N–H and O–H groups in total. The molecule has 0 radical (unpaired) electrons. The topological polar surface area (TPSA) is 61.7 Å². The normalized spacial score (nSPS) is 11.7. The maximum atomic E-state index is 12.0. The smallest absolute Gasteiger partial charge is 0.275 e. The highest BCUT2D eigenvalue weighted by Crippen LogP contribution is 2.22. The second-order valence-corrected chi connectivity index (χ2v) is 7.48. The van der Waals surface area contributed by atoms with Gasteiger partial charge in [0.25, 0.3) is 5.91 Å². The molecule has 0 unspecified atom stereocenters. The molecule has 0 aliphatic rings. The van der Waals surface area contributed by atoms with Crippen LogP contribution in [0.1, 0.15) is 42.3 Å². The number of halogens is 1. The summed E-state index contributed by atoms with van der Waals surface area (Å²) in [6.45, 7) is 6.47. The molecule has 120 valence electrons. The number of aromatic hydroxyl groups is 1. The number of hydrazone groups is 1. The minimum absolute atomic E-state index is 0.0624. The van der Waals surface area contributed by atoms with E-state index < -0.39 is 5.91 Å². The summed E-state index contributed by atoms with van der Waals surface area (Å²) in [6.07, 6.45) is 1.58. The third-order valence-corrected chi connectivity index (χ3v) is 4.03. The Morgan fingerprint density at radius 2 is 1.83 bits per heavy atom. The SMILES string of the molecule is CC(C)(C)c1ccc(C=NNC(=O)c2cc(I)ccc2O)cc1. The van der Waals surface area contributed by atoms with Crippen LogP contribution in [0.15, 0.2) is 47.6 Å². The molecule has 5 heteroatoms. The summed E-state index contributed by atoms with van der Waals surface area (Å²) >= 11 is 2.08. The number of carbonyl (C=O) groups excluding carboxylic acids is 1. The molecule has 2 rings (SSSR count). The summed E-state index contributed by atoms with van der Waals surface area (Å²) in [4.78, 5) is 12.0. The van der Waals surface area contributed by atoms with Crippen molar-refractivity contribution >= 4 is 34.7 Å². The van der Waals surface area contributed by atoms with Crippen molar-refractivity contribution in [2.45, 2.75) is 26.2 Å². The van der Waals surface area contributed by atoms with Gasteiger partial charge in [-0.05, 0) is 57.3 Å². The molecule has 0 atom stereocenters. The highest BCUT2D eigenvalue weighted by Gasteiger charge is 2.13. The third-order valence-electron chi connectivity index (χ3n) is 3.36. The minimum atomic E-state index is -0.441. The Kier molecular flexibility index (Phi) is 5.41. The monoisotopic (exact) mass is 422 g/mol. The Bertz CT molecular complexity index is 732. The van der Waals surface area contributed by atoms with Gasteiger partial charge in [0, 0.05) is 3.57 Å². The van der Waals surface area contributed by atoms with Gasteiger partial charge in [-0.3, -0.25) is 4.79 Å². The standard InChI is InChI=1S/C18H19IN2O2/c1-18(2,3)13-6-4-12(5-7-13)11-20-21-17(23)15-10-14(19)8-9-16(15)22/h4-11,22H,1-3H3,(H,21,23). The van der Waals surface area contributed by atoms with E-state index in [0.717, 1.165) is 9.13 Å². The molecule has 0 heterocycles. The zero-order valence-electron chi connectivity index (χ0n) is 13.3. The molecule has 0 saturated carbocycles. The second-order valence-electron chi connectivity index (χ2n) is 6.23. The van der Waals surface area contributed by atoms with Crippen LogP contribution >= 0.6 is 22.6 Å². The summed E-state index contributed by atoms with van der Waals surface area (Å²) in [6, 6.07) is 12.8. The number of nitrogens with zero attached hydrogens (tertiary/aromatic N) is 1. The Balaban J connectivity index is 2.04. The quantitative estimate of drug-likeness (QED) is 0.445. The van der Waals surface area contributed by atoms with Gasteiger partial charge in [0.1, 0.15) is 5.75 Å². The lowest BCUT2D eigenvalue weighted by atomic mass is 9.87. The number of hydrogen-bond donors (Lipinski definition) is 2. The molecule has 0 fully saturated rings. The van der Waals surface area contributed by atoms with Gasteiger partial charge in [-0.2, -0.15) is 5.10 Å². The van der Waals surface area contributed by atoms with Gasteiger partial charge in [0.05, 0.1) is 11.8 Å². The zero-order valence-corrected chi connectivity index (χ0v) is 15.5. The first-order valence-corrected chi connectivity index (χ1v) is 8.28. The van der Waals surface area contributed by atoms with E-state index in [1.807, 2.05) is 12.1 Å². The maximum Gasteiger partial charge on any atom is 0.275 e. The van der Waals surface area contributed by atoms with Crippen molar-refractivity contribution < 1.29 is 9.90 Å². The summed E-state index contributed by atoms with van der Waals surface area (Å²) < 4.78 is 0.868. The minimum Gasteiger partial charge on any atom is -0.507 e. The molecule has 1 amide bonds. The van der Waals surface area contributed by atoms with Gasteiger partial charge in [0.15, 0.2) is 0 Å². The van der Waals surface area contributed by atoms with Crippen molar-refractivity contribution in [1.82, 2.24) is 5.43 Å². The Labute approximate surface area is 149 Å². The van der Waals surface area contributed by atoms with Crippen LogP contribution in [-0.2, 0) is 5.41 Å². The first-order chi connectivity index (χ1) is 10.8. The van der Waals surface area contributed by atoms with Crippen molar-refractivity contribution in [2.75, 3.05) is 0 Å². The van der Waals surface area contributed by atoms with Gasteiger partial charge in [-0.1, -0.05) is 45.0 Å². The predicted octanol–water partition coefficient (Wildman–Crippen LogP) is 4.06. The lowest BCUT2D eigenvalue weighted by molar-refractivity contribution is 0.0952. The van der Waals surface area contributed by atoms with Crippen LogP contribution in [0.5, 0.6) is 5.75 Å². The van der Waals surface area contributed by atoms with Crippen LogP contribution in [0, 0.1) is 3.57 Å². The Morgan fingerprint density at radius 3 is 2.43 bits per heavy atom. The van der Waals surface area contributed by atoms with E-state index in [4.69, 9.17) is 0 Å². The molecule has 4 nitrogen and oxygen atoms in total. The van der Waals surface area contributed by atoms with Gasteiger partial charge < -0.3 is 5.11 Å². The van der Waals surface area contributed by atoms with E-state index in [1.165, 1.54) is 11.6 Å². The van der Waals surface area contributed by atoms with Crippen LogP contribution < -0.4 is 5.43 Å². The molecule has 0 bridgehead atoms. The van der Waals surface area contributed by atoms with E-state index in [-0.39, 0.29) is 16.7 Å². The van der Waals surface area contributed by atoms with Crippen LogP contribution in [0.4, 0.5) is 0 Å². The molecular weight excluding hydrogens is 403 g/mol. The molecule has 0 saturated heterocycles. The number of nitrogens with one attached hydrogen (secondary N) is 1. The van der Waals surface area contributed by atoms with Gasteiger partial charge in [-0.15, -0.1) is 0 Å². The molecular formula is C18H19IN2O2. The molecule has 2 aromatic carbocycles. The molecule has 0 spiro atoms. The average Bonchev–Trinajstić information content (AvgIpc) is 2.49. The second kappa shape index (κ2) is 7.12. The molecule has 2 aromatic rings. The number of rotatable bonds is 3. The predicted molar refractivity (Wildman–Crippen MR) is 101 cm³/mol. The molecule has 0 aliphatic heterocycles. The van der Waals surface area contributed by atoms with Gasteiger partial charge in [-0.25, -0.2) is 5.43 Å². The first kappa shape index (κ1) is 17.5. The van der Waals surface area contributed by atoms with Crippen molar-refractivity contribution in [3.8, 4) is 5.75 Å². The maximum absolute atomic E-state index is 12.0. The summed E-state index contributed by atoms with van der Waals surface area (Å²) in [7, 11) is 0. The molecule has 23 heavy (non-hydrogen) atoms. The molecule has 0 aliphatic carbocycles. The average molecular weight is 422 g/mol. The van der Waals surface area contributed by atoms with E-state index in [1.54, 1.807) is 18.3 Å². The van der Waals surface area contributed by atoms with Crippen LogP contribution in [0.3, 0.4) is 0 Å². The fraction of sp³-hybridized carbons (Fsp3) is 0.222. The van der Waals surface area contributed by atoms with E-state index in [9.17, 15) is 9.90 Å². The van der Waals surface area contributed by atoms with Crippen molar-refractivity contribution in [3.05, 3.63) is 62.7 Å². The first-order valence-electron chi connectivity index (χ1n) is 7.20. The Hall–Kier alpha value is -1.89. The van der Waals surface area contributed by atoms with E-state index in [2.05, 4.69) is 66.0 Å². The highest BCUT2D eigenvalue weighted by molar-refractivity contribution is 14.1. The zero-order chi connectivity index (χ0) is 17.0. The number of benzene rings is 2. The van der Waals surface area contributed by atoms with Crippen LogP contribution in [0.25, 0.3) is 0 Å². The summed E-state index contributed by atoms with van der Waals surface area (Å²) in [5, 5.41) is 13.7.